The van der Waals surface area contributed by atoms with Crippen molar-refractivity contribution in [1.29, 1.82) is 0 Å². The van der Waals surface area contributed by atoms with Gasteiger partial charge in [0.05, 0.1) is 13.0 Å². The van der Waals surface area contributed by atoms with E-state index in [9.17, 15) is 14.4 Å². The maximum Gasteiger partial charge on any atom is 0.309 e. The molecule has 0 bridgehead atoms. The summed E-state index contributed by atoms with van der Waals surface area (Å²) in [7, 11) is 4.21. The van der Waals surface area contributed by atoms with Crippen molar-refractivity contribution in [3.8, 4) is 0 Å². The van der Waals surface area contributed by atoms with Gasteiger partial charge in [-0.2, -0.15) is 0 Å². The molecule has 8 nitrogen and oxygen atoms in total. The van der Waals surface area contributed by atoms with E-state index in [1.165, 1.54) is 35.2 Å². The van der Waals surface area contributed by atoms with Gasteiger partial charge >= 0.3 is 17.9 Å². The van der Waals surface area contributed by atoms with E-state index in [1.807, 2.05) is 0 Å². The molecule has 2 aliphatic carbocycles. The largest absolute Gasteiger partial charge is 0.469 e. The lowest BCUT2D eigenvalue weighted by atomic mass is 9.89. The molecule has 2 aliphatic rings. The Morgan fingerprint density at radius 1 is 0.696 bits per heavy atom. The summed E-state index contributed by atoms with van der Waals surface area (Å²) in [6.45, 7) is 2.55. The van der Waals surface area contributed by atoms with E-state index in [1.54, 1.807) is 0 Å². The van der Waals surface area contributed by atoms with E-state index in [2.05, 4.69) is 0 Å². The highest BCUT2D eigenvalue weighted by atomic mass is 16.6. The van der Waals surface area contributed by atoms with Gasteiger partial charge in [0.2, 0.25) is 0 Å². The number of fused-ring (bicyclic) bond motifs is 1. The highest BCUT2D eigenvalue weighted by molar-refractivity contribution is 5.77. The van der Waals surface area contributed by atoms with Crippen molar-refractivity contribution in [3.63, 3.8) is 0 Å². The first kappa shape index (κ1) is 17.7. The number of carbonyl (C=O) groups is 3. The van der Waals surface area contributed by atoms with Gasteiger partial charge in [0.1, 0.15) is 18.3 Å². The van der Waals surface area contributed by atoms with E-state index in [0.717, 1.165) is 0 Å². The zero-order chi connectivity index (χ0) is 17.3. The highest BCUT2D eigenvalue weighted by Crippen LogP contribution is 2.58. The second-order valence-electron chi connectivity index (χ2n) is 5.75. The zero-order valence-electron chi connectivity index (χ0n) is 13.8. The third-order valence-electron chi connectivity index (χ3n) is 4.48. The lowest BCUT2D eigenvalue weighted by Crippen LogP contribution is -2.55. The molecule has 0 unspecified atom stereocenters. The monoisotopic (exact) mass is 330 g/mol. The first-order chi connectivity index (χ1) is 10.9. The number of ether oxygens (including phenoxy) is 5. The minimum Gasteiger partial charge on any atom is -0.469 e. The molecule has 7 atom stereocenters. The number of carbonyl (C=O) groups excluding carboxylic acids is 3. The summed E-state index contributed by atoms with van der Waals surface area (Å²) in [4.78, 5) is 34.8. The Kier molecular flexibility index (Phi) is 5.26. The molecule has 8 heteroatoms. The third kappa shape index (κ3) is 3.18. The van der Waals surface area contributed by atoms with Crippen LogP contribution in [-0.4, -0.2) is 63.7 Å². The molecule has 2 fully saturated rings. The molecule has 0 aromatic rings. The molecule has 0 heterocycles. The number of rotatable bonds is 5. The lowest BCUT2D eigenvalue weighted by molar-refractivity contribution is -0.200. The van der Waals surface area contributed by atoms with Crippen LogP contribution in [-0.2, 0) is 38.1 Å². The zero-order valence-corrected chi connectivity index (χ0v) is 13.8. The summed E-state index contributed by atoms with van der Waals surface area (Å²) in [6, 6.07) is 0. The molecule has 0 spiro atoms. The fourth-order valence-corrected chi connectivity index (χ4v) is 3.69. The molecule has 0 aromatic heterocycles. The van der Waals surface area contributed by atoms with Crippen LogP contribution in [0, 0.1) is 17.8 Å². The van der Waals surface area contributed by atoms with Gasteiger partial charge in [-0.15, -0.1) is 0 Å². The van der Waals surface area contributed by atoms with Crippen molar-refractivity contribution < 1.29 is 38.1 Å². The number of hydrogen-bond acceptors (Lipinski definition) is 8. The normalized spacial score (nSPS) is 38.2. The maximum atomic E-state index is 12.0. The van der Waals surface area contributed by atoms with Crippen LogP contribution in [0.2, 0.25) is 0 Å². The molecule has 2 rings (SSSR count). The van der Waals surface area contributed by atoms with E-state index in [0.29, 0.717) is 0 Å². The molecule has 0 radical (unpaired) electrons. The SMILES string of the molecule is COC(=O)[C@@H]1[C@@H]2[C@H](OC)[C@@H](OC(C)=O)[C@H](OC)[C@@H](OC(C)=O)[C@@H]12. The minimum atomic E-state index is -0.775. The van der Waals surface area contributed by atoms with Gasteiger partial charge in [-0.05, 0) is 0 Å². The number of methoxy groups -OCH3 is 3. The van der Waals surface area contributed by atoms with Gasteiger partial charge in [-0.25, -0.2) is 0 Å². The summed E-state index contributed by atoms with van der Waals surface area (Å²) in [5, 5.41) is 0. The Morgan fingerprint density at radius 2 is 1.17 bits per heavy atom. The predicted octanol–water partition coefficient (Wildman–Crippen LogP) is -0.0714. The molecule has 0 N–H and O–H groups in total. The van der Waals surface area contributed by atoms with Crippen LogP contribution < -0.4 is 0 Å². The Hall–Kier alpha value is -1.67. The number of hydrogen-bond donors (Lipinski definition) is 0. The van der Waals surface area contributed by atoms with Crippen molar-refractivity contribution in [2.45, 2.75) is 38.3 Å². The van der Waals surface area contributed by atoms with Gasteiger partial charge in [0.15, 0.2) is 6.10 Å². The standard InChI is InChI=1S/C15H22O8/c1-6(16)22-12-9-8(10(9)15(18)21-5)11(19-3)14(13(12)20-4)23-7(2)17/h8-14H,1-5H3/t8-,9-,10-,11+,12+,13-,14-/m1/s1. The smallest absolute Gasteiger partial charge is 0.309 e. The summed E-state index contributed by atoms with van der Waals surface area (Å²) in [6.07, 6.45) is -2.74. The van der Waals surface area contributed by atoms with Crippen LogP contribution >= 0.6 is 0 Å². The highest BCUT2D eigenvalue weighted by Gasteiger charge is 2.71. The minimum absolute atomic E-state index is 0.257. The number of esters is 3. The van der Waals surface area contributed by atoms with Gasteiger partial charge in [-0.3, -0.25) is 14.4 Å². The van der Waals surface area contributed by atoms with E-state index >= 15 is 0 Å². The Labute approximate surface area is 134 Å². The predicted molar refractivity (Wildman–Crippen MR) is 75.2 cm³/mol. The molecule has 0 saturated heterocycles. The molecular weight excluding hydrogens is 308 g/mol. The van der Waals surface area contributed by atoms with Crippen molar-refractivity contribution >= 4 is 17.9 Å². The summed E-state index contributed by atoms with van der Waals surface area (Å²) in [5.74, 6) is -2.43. The van der Waals surface area contributed by atoms with Crippen LogP contribution in [0.25, 0.3) is 0 Å². The average molecular weight is 330 g/mol. The van der Waals surface area contributed by atoms with Crippen molar-refractivity contribution in [3.05, 3.63) is 0 Å². The average Bonchev–Trinajstić information content (AvgIpc) is 3.21. The quantitative estimate of drug-likeness (QED) is 0.510. The molecule has 0 aliphatic heterocycles. The van der Waals surface area contributed by atoms with Gasteiger partial charge < -0.3 is 23.7 Å². The fourth-order valence-electron chi connectivity index (χ4n) is 3.69. The Balaban J connectivity index is 2.35. The van der Waals surface area contributed by atoms with Gasteiger partial charge in [0.25, 0.3) is 0 Å². The maximum absolute atomic E-state index is 12.0. The molecule has 2 saturated carbocycles. The summed E-state index contributed by atoms with van der Waals surface area (Å²) >= 11 is 0. The molecule has 0 aromatic carbocycles. The summed E-state index contributed by atoms with van der Waals surface area (Å²) < 4.78 is 26.4. The third-order valence-corrected chi connectivity index (χ3v) is 4.48. The Morgan fingerprint density at radius 3 is 1.61 bits per heavy atom. The molecule has 0 amide bonds. The molecular formula is C15H22O8. The lowest BCUT2D eigenvalue weighted by Gasteiger charge is -2.39. The van der Waals surface area contributed by atoms with Crippen molar-refractivity contribution in [2.75, 3.05) is 21.3 Å². The fraction of sp³-hybridized carbons (Fsp3) is 0.800. The van der Waals surface area contributed by atoms with Crippen molar-refractivity contribution in [2.24, 2.45) is 17.8 Å². The van der Waals surface area contributed by atoms with Crippen LogP contribution in [0.3, 0.4) is 0 Å². The first-order valence-corrected chi connectivity index (χ1v) is 7.35. The van der Waals surface area contributed by atoms with E-state index < -0.39 is 48.2 Å². The molecule has 23 heavy (non-hydrogen) atoms. The van der Waals surface area contributed by atoms with Crippen LogP contribution in [0.5, 0.6) is 0 Å². The Bertz CT molecular complexity index is 490. The topological polar surface area (TPSA) is 97.4 Å². The van der Waals surface area contributed by atoms with E-state index in [-0.39, 0.29) is 11.8 Å². The van der Waals surface area contributed by atoms with Crippen molar-refractivity contribution in [1.82, 2.24) is 0 Å². The van der Waals surface area contributed by atoms with Gasteiger partial charge in [0, 0.05) is 39.9 Å². The summed E-state index contributed by atoms with van der Waals surface area (Å²) in [5.41, 5.74) is 0. The van der Waals surface area contributed by atoms with Crippen LogP contribution in [0.4, 0.5) is 0 Å². The van der Waals surface area contributed by atoms with E-state index in [4.69, 9.17) is 23.7 Å². The molecule has 130 valence electrons. The first-order valence-electron chi connectivity index (χ1n) is 7.35. The van der Waals surface area contributed by atoms with Crippen LogP contribution in [0.1, 0.15) is 13.8 Å². The van der Waals surface area contributed by atoms with Gasteiger partial charge in [-0.1, -0.05) is 0 Å². The second kappa shape index (κ2) is 6.84. The second-order valence-corrected chi connectivity index (χ2v) is 5.75. The van der Waals surface area contributed by atoms with Crippen LogP contribution in [0.15, 0.2) is 0 Å².